The van der Waals surface area contributed by atoms with Crippen LogP contribution < -0.4 is 43.0 Å². The highest BCUT2D eigenvalue weighted by Gasteiger charge is 2.52. The molecule has 0 aromatic carbocycles. The Hall–Kier alpha value is -5.83. The number of nitrogens with two attached hydrogens (primary N) is 1. The first kappa shape index (κ1) is 89.6. The summed E-state index contributed by atoms with van der Waals surface area (Å²) in [6.07, 6.45) is 5.21. The smallest absolute Gasteiger partial charge is 0.396 e. The van der Waals surface area contributed by atoms with E-state index in [1.165, 1.54) is 43.1 Å². The van der Waals surface area contributed by atoms with Gasteiger partial charge in [0.25, 0.3) is 0 Å². The summed E-state index contributed by atoms with van der Waals surface area (Å²) in [7, 11) is -7.99. The lowest BCUT2D eigenvalue weighted by Crippen LogP contribution is -2.58. The van der Waals surface area contributed by atoms with Gasteiger partial charge in [-0.2, -0.15) is 14.3 Å². The Kier molecular flexibility index (Phi) is 42.7. The maximum absolute atomic E-state index is 14.0. The second-order valence-electron chi connectivity index (χ2n) is 25.8. The SMILES string of the molecule is COC(C)(C)P(=O)(O)OC[C@H]1O[C@@H](n2cnc3c(N)ncnc32)C[C@@H]1O[P+](O)(O)OC[C@@H]1C[C@@H](O)CN1C(=O)CCCCCCC(=O)NC(COCCC(=O)NCCCNC(=O)CCCCO)(COCCC(=O)NCCCNC(=O)CCCCO)COCCC(=O)NCCCNC(=O)CCCCO. The van der Waals surface area contributed by atoms with Crippen LogP contribution in [-0.4, -0.2) is 268 Å². The van der Waals surface area contributed by atoms with Crippen LogP contribution in [0.4, 0.5) is 5.82 Å². The van der Waals surface area contributed by atoms with Crippen molar-refractivity contribution < 1.29 is 115 Å². The number of aliphatic hydroxyl groups is 4. The first-order valence-corrected chi connectivity index (χ1v) is 38.6. The van der Waals surface area contributed by atoms with Crippen molar-refractivity contribution in [3.05, 3.63) is 12.7 Å². The Morgan fingerprint density at radius 1 is 0.612 bits per heavy atom. The highest BCUT2D eigenvalue weighted by molar-refractivity contribution is 7.54. The number of amides is 8. The number of unbranched alkanes of at least 4 members (excludes halogenated alkanes) is 6. The molecule has 4 rings (SSSR count). The molecule has 0 bridgehead atoms. The van der Waals surface area contributed by atoms with Gasteiger partial charge in [-0.3, -0.25) is 47.5 Å². The number of nitrogens with zero attached hydrogens (tertiary/aromatic N) is 5. The summed E-state index contributed by atoms with van der Waals surface area (Å²) < 4.78 is 61.0. The molecule has 8 amide bonds. The molecule has 2 aliphatic rings. The zero-order valence-electron chi connectivity index (χ0n) is 59.8. The minimum absolute atomic E-state index is 0.00176. The Morgan fingerprint density at radius 3 is 1.52 bits per heavy atom. The predicted octanol–water partition coefficient (Wildman–Crippen LogP) is 0.0773. The number of likely N-dealkylation sites (tertiary alicyclic amines) is 1. The number of methoxy groups -OCH3 is 1. The quantitative estimate of drug-likeness (QED) is 0.0308. The van der Waals surface area contributed by atoms with Gasteiger partial charge in [0.1, 0.15) is 42.4 Å². The summed E-state index contributed by atoms with van der Waals surface area (Å²) in [6.45, 7) is 2.38. The molecule has 6 atom stereocenters. The molecule has 37 nitrogen and oxygen atoms in total. The number of β-amino-alcohol motifs (C(OH)–C–C–N with tert-alkyl or cyclic N) is 1. The fourth-order valence-corrected chi connectivity index (χ4v) is 12.6. The van der Waals surface area contributed by atoms with Crippen molar-refractivity contribution in [2.45, 2.75) is 203 Å². The number of nitrogen functional groups attached to an aromatic ring is 1. The van der Waals surface area contributed by atoms with Crippen LogP contribution >= 0.6 is 15.8 Å². The van der Waals surface area contributed by atoms with E-state index in [1.54, 1.807) is 0 Å². The molecule has 1 unspecified atom stereocenters. The molecule has 103 heavy (non-hydrogen) atoms. The van der Waals surface area contributed by atoms with Crippen LogP contribution in [0, 0.1) is 0 Å². The number of hydrogen-bond donors (Lipinski definition) is 15. The fraction of sp³-hybridized carbons (Fsp3) is 0.797. The van der Waals surface area contributed by atoms with E-state index in [2.05, 4.69) is 52.2 Å². The highest BCUT2D eigenvalue weighted by Crippen LogP contribution is 2.58. The van der Waals surface area contributed by atoms with E-state index >= 15 is 0 Å². The second kappa shape index (κ2) is 49.1. The van der Waals surface area contributed by atoms with Gasteiger partial charge >= 0.3 is 15.8 Å². The Balaban J connectivity index is 1.36. The first-order chi connectivity index (χ1) is 49.3. The van der Waals surface area contributed by atoms with E-state index in [-0.39, 0.29) is 208 Å². The van der Waals surface area contributed by atoms with Gasteiger partial charge in [0, 0.05) is 131 Å². The number of carbonyl (C=O) groups excluding carboxylic acids is 8. The molecule has 588 valence electrons. The lowest BCUT2D eigenvalue weighted by Gasteiger charge is -2.34. The molecule has 4 heterocycles. The van der Waals surface area contributed by atoms with Crippen molar-refractivity contribution in [3.8, 4) is 0 Å². The third-order valence-electron chi connectivity index (χ3n) is 16.8. The summed E-state index contributed by atoms with van der Waals surface area (Å²) in [5, 5.41) is 55.7. The number of fused-ring (bicyclic) bond motifs is 1. The van der Waals surface area contributed by atoms with Crippen LogP contribution in [0.25, 0.3) is 11.2 Å². The number of anilines is 1. The van der Waals surface area contributed by atoms with Crippen molar-refractivity contribution >= 4 is 80.0 Å². The van der Waals surface area contributed by atoms with Gasteiger partial charge in [-0.25, -0.2) is 15.0 Å². The van der Waals surface area contributed by atoms with Crippen LogP contribution in [0.3, 0.4) is 0 Å². The number of imidazole rings is 1. The van der Waals surface area contributed by atoms with Gasteiger partial charge < -0.3 is 101 Å². The predicted molar refractivity (Wildman–Crippen MR) is 373 cm³/mol. The molecule has 0 spiro atoms. The average Bonchev–Trinajstić information content (AvgIpc) is 1.63. The molecule has 2 aromatic heterocycles. The van der Waals surface area contributed by atoms with E-state index in [9.17, 15) is 62.7 Å². The Morgan fingerprint density at radius 2 is 1.06 bits per heavy atom. The Labute approximate surface area is 601 Å². The van der Waals surface area contributed by atoms with Gasteiger partial charge in [-0.15, -0.1) is 4.52 Å². The number of aromatic nitrogens is 4. The van der Waals surface area contributed by atoms with Crippen molar-refractivity contribution in [2.24, 2.45) is 0 Å². The van der Waals surface area contributed by atoms with E-state index in [4.69, 9.17) is 58.3 Å². The fourth-order valence-electron chi connectivity index (χ4n) is 10.7. The second-order valence-corrected chi connectivity index (χ2v) is 29.6. The first-order valence-electron chi connectivity index (χ1n) is 35.5. The molecule has 0 radical (unpaired) electrons. The summed E-state index contributed by atoms with van der Waals surface area (Å²) >= 11 is 0. The van der Waals surface area contributed by atoms with Crippen molar-refractivity contribution in [1.29, 1.82) is 0 Å². The van der Waals surface area contributed by atoms with Crippen molar-refractivity contribution in [1.82, 2.24) is 61.6 Å². The normalized spacial score (nSPS) is 17.6. The molecule has 0 aliphatic carbocycles. The van der Waals surface area contributed by atoms with Gasteiger partial charge in [0.15, 0.2) is 16.8 Å². The van der Waals surface area contributed by atoms with Crippen LogP contribution in [0.5, 0.6) is 0 Å². The van der Waals surface area contributed by atoms with Crippen molar-refractivity contribution in [3.63, 3.8) is 0 Å². The van der Waals surface area contributed by atoms with E-state index in [0.717, 1.165) is 0 Å². The van der Waals surface area contributed by atoms with E-state index in [1.807, 2.05) is 0 Å². The number of carbonyl (C=O) groups is 8. The number of rotatable bonds is 58. The summed E-state index contributed by atoms with van der Waals surface area (Å²) in [5.74, 6) is -2.18. The minimum atomic E-state index is -4.76. The van der Waals surface area contributed by atoms with E-state index in [0.29, 0.717) is 103 Å². The standard InChI is InChI=1S/C64H113N13O24P2/c1-63(2,94-3)102(90,91)98-41-50-49(38-59(100-50)77-46-74-60-61(65)72-45-73-62(60)77)101-103(92,93)99-40-47-37-48(81)39-76(47)58(89)21-7-5-4-6-20-57(88)75-64(42-95-34-22-54(85)69-28-14-25-66-51(82)17-8-11-31-78,43-96-35-23-55(86)70-29-15-26-67-52(83)18-9-12-32-79)44-97-36-24-56(87)71-30-16-27-68-53(84)19-10-13-33-80/h45-50,59,78-81,92-93H,4-44H2,1-3H3,(H9-,65,66,67,68,69,70,71,72,73,75,82,83,84,85,86,87,88,90,91)/p+1/t47-,48+,49-,50+,59+/m0/s1. The van der Waals surface area contributed by atoms with Gasteiger partial charge in [-0.05, 0) is 90.9 Å². The topological polar surface area (TPSA) is 526 Å². The largest absolute Gasteiger partial charge is 0.570 e. The molecule has 39 heteroatoms. The molecule has 2 aromatic rings. The zero-order chi connectivity index (χ0) is 75.5. The lowest BCUT2D eigenvalue weighted by atomic mass is 10.0. The summed E-state index contributed by atoms with van der Waals surface area (Å²) in [4.78, 5) is 150. The van der Waals surface area contributed by atoms with Gasteiger partial charge in [-0.1, -0.05) is 12.8 Å². The molecule has 2 aliphatic heterocycles. The number of ether oxygens (including phenoxy) is 5. The maximum atomic E-state index is 14.0. The lowest BCUT2D eigenvalue weighted by molar-refractivity contribution is -0.133. The number of aliphatic hydroxyl groups excluding tert-OH is 4. The van der Waals surface area contributed by atoms with Crippen LogP contribution in [-0.2, 0) is 80.2 Å². The third-order valence-corrected chi connectivity index (χ3v) is 19.9. The average molecular weight is 1510 g/mol. The highest BCUT2D eigenvalue weighted by atomic mass is 31.2. The van der Waals surface area contributed by atoms with Crippen molar-refractivity contribution in [2.75, 3.05) is 131 Å². The van der Waals surface area contributed by atoms with E-state index < -0.39 is 76.3 Å². The number of nitrogens with one attached hydrogen (secondary N) is 7. The monoisotopic (exact) mass is 1510 g/mol. The van der Waals surface area contributed by atoms with Crippen LogP contribution in [0.15, 0.2) is 12.7 Å². The summed E-state index contributed by atoms with van der Waals surface area (Å²) in [6, 6.07) is -0.801. The van der Waals surface area contributed by atoms with Crippen LogP contribution in [0.2, 0.25) is 0 Å². The molecule has 16 N–H and O–H groups in total. The third kappa shape index (κ3) is 35.4. The van der Waals surface area contributed by atoms with Gasteiger partial charge in [0.05, 0.1) is 64.7 Å². The molecule has 2 saturated heterocycles. The Bertz CT molecular complexity index is 2800. The molecule has 0 saturated carbocycles. The maximum Gasteiger partial charge on any atom is 0.570 e. The number of hydrogen-bond acceptors (Lipinski definition) is 27. The minimum Gasteiger partial charge on any atom is -0.396 e. The molecule has 2 fully saturated rings. The van der Waals surface area contributed by atoms with Gasteiger partial charge in [0.2, 0.25) is 47.3 Å². The molecular formula is C64H114N13O24P2+. The zero-order valence-corrected chi connectivity index (χ0v) is 61.6. The molecular weight excluding hydrogens is 1400 g/mol. The van der Waals surface area contributed by atoms with Crippen LogP contribution in [0.1, 0.15) is 168 Å². The summed E-state index contributed by atoms with van der Waals surface area (Å²) in [5.41, 5.74) is 5.12.